The standard InChI is InChI=1S/C9H8N2O3/c12-7-3-1-2-6(4-7)11-5-8(13)10-9(11)14/h1-4,12H,5H2,(H,10,13,14). The van der Waals surface area contributed by atoms with Crippen molar-refractivity contribution in [2.75, 3.05) is 11.4 Å². The number of urea groups is 1. The van der Waals surface area contributed by atoms with Gasteiger partial charge in [-0.1, -0.05) is 6.07 Å². The molecule has 1 aliphatic heterocycles. The maximum absolute atomic E-state index is 11.2. The molecule has 14 heavy (non-hydrogen) atoms. The minimum absolute atomic E-state index is 0.00227. The first-order valence-corrected chi connectivity index (χ1v) is 4.07. The van der Waals surface area contributed by atoms with Crippen LogP contribution in [0.4, 0.5) is 10.5 Å². The summed E-state index contributed by atoms with van der Waals surface area (Å²) in [5, 5.41) is 11.3. The lowest BCUT2D eigenvalue weighted by Crippen LogP contribution is -2.27. The molecule has 1 saturated heterocycles. The van der Waals surface area contributed by atoms with Crippen molar-refractivity contribution in [2.45, 2.75) is 0 Å². The lowest BCUT2D eigenvalue weighted by atomic mass is 10.3. The molecule has 0 aromatic heterocycles. The van der Waals surface area contributed by atoms with E-state index in [1.165, 1.54) is 17.0 Å². The molecule has 0 aliphatic carbocycles. The van der Waals surface area contributed by atoms with Gasteiger partial charge in [0.25, 0.3) is 0 Å². The molecule has 1 aromatic rings. The van der Waals surface area contributed by atoms with Gasteiger partial charge in [0, 0.05) is 11.8 Å². The molecule has 1 fully saturated rings. The van der Waals surface area contributed by atoms with Crippen LogP contribution in [0.15, 0.2) is 24.3 Å². The Morgan fingerprint density at radius 2 is 2.14 bits per heavy atom. The van der Waals surface area contributed by atoms with E-state index >= 15 is 0 Å². The number of anilines is 1. The Labute approximate surface area is 79.9 Å². The molecule has 0 bridgehead atoms. The van der Waals surface area contributed by atoms with Crippen molar-refractivity contribution in [3.05, 3.63) is 24.3 Å². The number of nitrogens with zero attached hydrogens (tertiary/aromatic N) is 1. The Hall–Kier alpha value is -2.04. The van der Waals surface area contributed by atoms with E-state index in [9.17, 15) is 14.7 Å². The largest absolute Gasteiger partial charge is 0.508 e. The fourth-order valence-corrected chi connectivity index (χ4v) is 1.31. The van der Waals surface area contributed by atoms with E-state index in [2.05, 4.69) is 5.32 Å². The van der Waals surface area contributed by atoms with Crippen LogP contribution in [0.5, 0.6) is 5.75 Å². The van der Waals surface area contributed by atoms with Crippen molar-refractivity contribution < 1.29 is 14.7 Å². The molecular weight excluding hydrogens is 184 g/mol. The summed E-state index contributed by atoms with van der Waals surface area (Å²) in [5.41, 5.74) is 0.508. The van der Waals surface area contributed by atoms with Crippen molar-refractivity contribution in [3.8, 4) is 5.75 Å². The normalized spacial score (nSPS) is 15.9. The van der Waals surface area contributed by atoms with Crippen LogP contribution in [-0.2, 0) is 4.79 Å². The van der Waals surface area contributed by atoms with Crippen LogP contribution in [0.1, 0.15) is 0 Å². The summed E-state index contributed by atoms with van der Waals surface area (Å²) < 4.78 is 0. The van der Waals surface area contributed by atoms with Crippen LogP contribution < -0.4 is 10.2 Å². The third-order valence-electron chi connectivity index (χ3n) is 1.93. The molecule has 72 valence electrons. The van der Waals surface area contributed by atoms with Crippen molar-refractivity contribution in [1.82, 2.24) is 5.32 Å². The quantitative estimate of drug-likeness (QED) is 0.634. The molecule has 1 aromatic carbocycles. The molecule has 0 unspecified atom stereocenters. The van der Waals surface area contributed by atoms with Crippen LogP contribution >= 0.6 is 0 Å². The number of aromatic hydroxyl groups is 1. The fraction of sp³-hybridized carbons (Fsp3) is 0.111. The van der Waals surface area contributed by atoms with Gasteiger partial charge in [0.15, 0.2) is 0 Å². The van der Waals surface area contributed by atoms with Crippen molar-refractivity contribution in [2.24, 2.45) is 0 Å². The number of hydrogen-bond acceptors (Lipinski definition) is 3. The van der Waals surface area contributed by atoms with E-state index in [4.69, 9.17) is 0 Å². The first-order chi connectivity index (χ1) is 6.66. The zero-order valence-electron chi connectivity index (χ0n) is 7.23. The third kappa shape index (κ3) is 1.39. The lowest BCUT2D eigenvalue weighted by Gasteiger charge is -2.12. The van der Waals surface area contributed by atoms with Gasteiger partial charge in [0.1, 0.15) is 12.3 Å². The maximum atomic E-state index is 11.2. The number of carbonyl (C=O) groups excluding carboxylic acids is 2. The van der Waals surface area contributed by atoms with Gasteiger partial charge in [-0.3, -0.25) is 15.0 Å². The predicted molar refractivity (Wildman–Crippen MR) is 49.0 cm³/mol. The Bertz CT molecular complexity index is 403. The molecule has 2 rings (SSSR count). The highest BCUT2D eigenvalue weighted by atomic mass is 16.3. The van der Waals surface area contributed by atoms with Crippen LogP contribution in [0, 0.1) is 0 Å². The first-order valence-electron chi connectivity index (χ1n) is 4.07. The summed E-state index contributed by atoms with van der Waals surface area (Å²) in [6.45, 7) is 0.00227. The van der Waals surface area contributed by atoms with E-state index in [1.807, 2.05) is 0 Å². The van der Waals surface area contributed by atoms with Gasteiger partial charge >= 0.3 is 6.03 Å². The third-order valence-corrected chi connectivity index (χ3v) is 1.93. The highest BCUT2D eigenvalue weighted by molar-refractivity contribution is 6.12. The number of rotatable bonds is 1. The number of amides is 3. The molecular formula is C9H8N2O3. The molecule has 0 spiro atoms. The zero-order valence-corrected chi connectivity index (χ0v) is 7.23. The molecule has 3 amide bonds. The fourth-order valence-electron chi connectivity index (χ4n) is 1.31. The lowest BCUT2D eigenvalue weighted by molar-refractivity contribution is -0.117. The number of imide groups is 1. The number of phenols is 1. The number of carbonyl (C=O) groups is 2. The van der Waals surface area contributed by atoms with Gasteiger partial charge in [-0.2, -0.15) is 0 Å². The van der Waals surface area contributed by atoms with Gasteiger partial charge in [-0.05, 0) is 12.1 Å². The average Bonchev–Trinajstić information content (AvgIpc) is 2.45. The van der Waals surface area contributed by atoms with E-state index in [0.29, 0.717) is 5.69 Å². The summed E-state index contributed by atoms with van der Waals surface area (Å²) in [5.74, 6) is -0.270. The summed E-state index contributed by atoms with van der Waals surface area (Å²) in [6, 6.07) is 5.73. The Kier molecular flexibility index (Phi) is 1.85. The second-order valence-corrected chi connectivity index (χ2v) is 2.96. The van der Waals surface area contributed by atoms with Gasteiger partial charge in [0.05, 0.1) is 0 Å². The highest BCUT2D eigenvalue weighted by Gasteiger charge is 2.27. The van der Waals surface area contributed by atoms with Gasteiger partial charge < -0.3 is 5.11 Å². The van der Waals surface area contributed by atoms with Gasteiger partial charge in [-0.25, -0.2) is 4.79 Å². The second kappa shape index (κ2) is 3.02. The molecule has 5 nitrogen and oxygen atoms in total. The summed E-state index contributed by atoms with van der Waals surface area (Å²) in [6.07, 6.45) is 0. The van der Waals surface area contributed by atoms with Crippen molar-refractivity contribution >= 4 is 17.6 Å². The van der Waals surface area contributed by atoms with Crippen molar-refractivity contribution in [3.63, 3.8) is 0 Å². The summed E-state index contributed by atoms with van der Waals surface area (Å²) in [7, 11) is 0. The van der Waals surface area contributed by atoms with Crippen LogP contribution in [0.3, 0.4) is 0 Å². The molecule has 0 radical (unpaired) electrons. The maximum Gasteiger partial charge on any atom is 0.329 e. The minimum atomic E-state index is -0.458. The molecule has 5 heteroatoms. The number of phenolic OH excluding ortho intramolecular Hbond substituents is 1. The SMILES string of the molecule is O=C1CN(c2cccc(O)c2)C(=O)N1. The monoisotopic (exact) mass is 192 g/mol. The smallest absolute Gasteiger partial charge is 0.329 e. The molecule has 0 saturated carbocycles. The van der Waals surface area contributed by atoms with Crippen molar-refractivity contribution in [1.29, 1.82) is 0 Å². The van der Waals surface area contributed by atoms with Crippen LogP contribution in [-0.4, -0.2) is 23.6 Å². The molecule has 1 aliphatic rings. The Balaban J connectivity index is 2.31. The minimum Gasteiger partial charge on any atom is -0.508 e. The van der Waals surface area contributed by atoms with E-state index in [1.54, 1.807) is 12.1 Å². The molecule has 0 atom stereocenters. The number of nitrogens with one attached hydrogen (secondary N) is 1. The molecule has 2 N–H and O–H groups in total. The van der Waals surface area contributed by atoms with E-state index in [-0.39, 0.29) is 18.2 Å². The Morgan fingerprint density at radius 1 is 1.36 bits per heavy atom. The second-order valence-electron chi connectivity index (χ2n) is 2.96. The summed E-state index contributed by atoms with van der Waals surface area (Å²) >= 11 is 0. The first kappa shape index (κ1) is 8.55. The van der Waals surface area contributed by atoms with E-state index in [0.717, 1.165) is 0 Å². The topological polar surface area (TPSA) is 69.6 Å². The van der Waals surface area contributed by atoms with Gasteiger partial charge in [-0.15, -0.1) is 0 Å². The Morgan fingerprint density at radius 3 is 2.71 bits per heavy atom. The number of benzene rings is 1. The van der Waals surface area contributed by atoms with E-state index < -0.39 is 6.03 Å². The van der Waals surface area contributed by atoms with Gasteiger partial charge in [0.2, 0.25) is 5.91 Å². The zero-order chi connectivity index (χ0) is 10.1. The van der Waals surface area contributed by atoms with Crippen LogP contribution in [0.2, 0.25) is 0 Å². The average molecular weight is 192 g/mol. The molecule has 1 heterocycles. The predicted octanol–water partition coefficient (Wildman–Crippen LogP) is 0.448. The summed E-state index contributed by atoms with van der Waals surface area (Å²) in [4.78, 5) is 23.4. The van der Waals surface area contributed by atoms with Crippen LogP contribution in [0.25, 0.3) is 0 Å². The highest BCUT2D eigenvalue weighted by Crippen LogP contribution is 2.21. The number of hydrogen-bond donors (Lipinski definition) is 2.